The summed E-state index contributed by atoms with van der Waals surface area (Å²) < 4.78 is 1.27. The van der Waals surface area contributed by atoms with Gasteiger partial charge in [0.1, 0.15) is 27.9 Å². The van der Waals surface area contributed by atoms with E-state index in [2.05, 4.69) is 30.9 Å². The molecule has 5 rings (SSSR count). The van der Waals surface area contributed by atoms with Crippen molar-refractivity contribution in [1.82, 2.24) is 40.4 Å². The van der Waals surface area contributed by atoms with E-state index in [9.17, 15) is 24.0 Å². The highest BCUT2D eigenvalue weighted by molar-refractivity contribution is 7.10. The van der Waals surface area contributed by atoms with Crippen LogP contribution in [0.3, 0.4) is 0 Å². The Morgan fingerprint density at radius 1 is 0.938 bits per heavy atom. The molecule has 2 atom stereocenters. The van der Waals surface area contributed by atoms with Gasteiger partial charge in [-0.05, 0) is 44.2 Å². The summed E-state index contributed by atoms with van der Waals surface area (Å²) in [5, 5.41) is 13.3. The Labute approximate surface area is 285 Å². The van der Waals surface area contributed by atoms with E-state index in [1.54, 1.807) is 30.7 Å². The number of aromatic nitrogens is 4. The molecular weight excluding hydrogens is 653 g/mol. The molecule has 4 amide bonds. The van der Waals surface area contributed by atoms with E-state index in [0.29, 0.717) is 34.2 Å². The average molecular weight is 691 g/mol. The minimum Gasteiger partial charge on any atom is -0.351 e. The fourth-order valence-electron chi connectivity index (χ4n) is 5.34. The van der Waals surface area contributed by atoms with Crippen LogP contribution in [0, 0.1) is 19.8 Å². The zero-order valence-electron chi connectivity index (χ0n) is 27.2. The summed E-state index contributed by atoms with van der Waals surface area (Å²) in [5.41, 5.74) is 1.94. The van der Waals surface area contributed by atoms with Gasteiger partial charge in [-0.25, -0.2) is 14.8 Å². The summed E-state index contributed by atoms with van der Waals surface area (Å²) in [4.78, 5) is 80.7. The van der Waals surface area contributed by atoms with Crippen LogP contribution in [0.1, 0.15) is 80.3 Å². The minimum absolute atomic E-state index is 0.0211. The van der Waals surface area contributed by atoms with Gasteiger partial charge in [-0.3, -0.25) is 23.7 Å². The topological polar surface area (TPSA) is 168 Å². The second-order valence-corrected chi connectivity index (χ2v) is 13.8. The molecule has 15 heteroatoms. The van der Waals surface area contributed by atoms with Crippen molar-refractivity contribution in [3.8, 4) is 0 Å². The van der Waals surface area contributed by atoms with Crippen molar-refractivity contribution in [3.05, 3.63) is 96.0 Å². The lowest BCUT2D eigenvalue weighted by atomic mass is 10.0. The molecule has 4 bridgehead atoms. The first kappa shape index (κ1) is 34.6. The Morgan fingerprint density at radius 2 is 1.62 bits per heavy atom. The number of carbonyl (C=O) groups is 4. The number of nitrogens with zero attached hydrogens (tertiary/aromatic N) is 5. The number of amides is 4. The van der Waals surface area contributed by atoms with Gasteiger partial charge in [0.05, 0.1) is 18.6 Å². The highest BCUT2D eigenvalue weighted by Crippen LogP contribution is 2.27. The van der Waals surface area contributed by atoms with Crippen LogP contribution < -0.4 is 21.6 Å². The molecule has 13 nitrogen and oxygen atoms in total. The number of carbonyl (C=O) groups excluding carboxylic acids is 4. The third-order valence-corrected chi connectivity index (χ3v) is 9.75. The molecule has 0 saturated heterocycles. The first-order valence-electron chi connectivity index (χ1n) is 15.6. The number of hydrogen-bond acceptors (Lipinski definition) is 10. The van der Waals surface area contributed by atoms with Crippen LogP contribution in [-0.4, -0.2) is 67.7 Å². The molecule has 0 spiro atoms. The molecule has 0 saturated carbocycles. The van der Waals surface area contributed by atoms with Crippen molar-refractivity contribution < 1.29 is 19.2 Å². The van der Waals surface area contributed by atoms with Gasteiger partial charge in [0.2, 0.25) is 11.8 Å². The quantitative estimate of drug-likeness (QED) is 0.287. The highest BCUT2D eigenvalue weighted by Gasteiger charge is 2.27. The normalized spacial score (nSPS) is 17.9. The van der Waals surface area contributed by atoms with Gasteiger partial charge in [0.25, 0.3) is 11.8 Å². The zero-order valence-corrected chi connectivity index (χ0v) is 28.8. The van der Waals surface area contributed by atoms with E-state index in [1.807, 2.05) is 44.2 Å². The molecular formula is C33H38N8O5S2. The van der Waals surface area contributed by atoms with Gasteiger partial charge in [-0.1, -0.05) is 44.2 Å². The molecule has 1 aromatic carbocycles. The van der Waals surface area contributed by atoms with E-state index < -0.39 is 35.5 Å². The van der Waals surface area contributed by atoms with E-state index in [1.165, 1.54) is 32.1 Å². The van der Waals surface area contributed by atoms with E-state index in [-0.39, 0.29) is 49.4 Å². The van der Waals surface area contributed by atoms with Crippen LogP contribution >= 0.6 is 22.7 Å². The maximum atomic E-state index is 13.6. The Hall–Kier alpha value is -4.76. The van der Waals surface area contributed by atoms with Gasteiger partial charge in [-0.15, -0.1) is 22.7 Å². The number of rotatable bonds is 5. The summed E-state index contributed by atoms with van der Waals surface area (Å²) in [6.45, 7) is 7.10. The second kappa shape index (κ2) is 15.4. The lowest BCUT2D eigenvalue weighted by molar-refractivity contribution is -0.137. The van der Waals surface area contributed by atoms with E-state index in [4.69, 9.17) is 0 Å². The predicted octanol–water partition coefficient (Wildman–Crippen LogP) is 2.96. The lowest BCUT2D eigenvalue weighted by Crippen LogP contribution is -2.45. The van der Waals surface area contributed by atoms with Crippen LogP contribution in [0.4, 0.5) is 0 Å². The third kappa shape index (κ3) is 8.58. The molecule has 4 aromatic rings. The van der Waals surface area contributed by atoms with Crippen molar-refractivity contribution in [2.45, 2.75) is 59.2 Å². The molecule has 3 aromatic heterocycles. The number of thiazole rings is 2. The molecule has 48 heavy (non-hydrogen) atoms. The van der Waals surface area contributed by atoms with E-state index in [0.717, 1.165) is 5.56 Å². The Bertz CT molecular complexity index is 1850. The van der Waals surface area contributed by atoms with Crippen molar-refractivity contribution >= 4 is 46.3 Å². The molecule has 0 radical (unpaired) electrons. The molecule has 0 aliphatic carbocycles. The average Bonchev–Trinajstić information content (AvgIpc) is 3.73. The zero-order chi connectivity index (χ0) is 34.4. The van der Waals surface area contributed by atoms with Crippen LogP contribution in [0.25, 0.3) is 0 Å². The lowest BCUT2D eigenvalue weighted by Gasteiger charge is -2.25. The summed E-state index contributed by atoms with van der Waals surface area (Å²) >= 11 is 2.55. The first-order chi connectivity index (χ1) is 23.0. The van der Waals surface area contributed by atoms with Gasteiger partial charge in [0, 0.05) is 35.2 Å². The SMILES string of the molecule is Cc1cc(C)n(CC(=O)N2CCCNC(=O)c3csc(n3)[C@H](C(C)C)NC(=O)c3csc(n3)[C@H](Cc3ccccc3)NC(=O)C2)c(=O)n1. The Balaban J connectivity index is 1.46. The van der Waals surface area contributed by atoms with Gasteiger partial charge in [0.15, 0.2) is 0 Å². The van der Waals surface area contributed by atoms with Crippen molar-refractivity contribution in [3.63, 3.8) is 0 Å². The van der Waals surface area contributed by atoms with Crippen LogP contribution in [0.5, 0.6) is 0 Å². The molecule has 0 fully saturated rings. The second-order valence-electron chi connectivity index (χ2n) is 12.0. The maximum absolute atomic E-state index is 13.6. The molecule has 1 aliphatic heterocycles. The third-order valence-electron chi connectivity index (χ3n) is 7.86. The van der Waals surface area contributed by atoms with Crippen LogP contribution in [0.2, 0.25) is 0 Å². The molecule has 1 aliphatic rings. The number of aryl methyl sites for hydroxylation is 2. The fourth-order valence-corrected chi connectivity index (χ4v) is 7.21. The minimum atomic E-state index is -0.585. The van der Waals surface area contributed by atoms with Gasteiger partial charge >= 0.3 is 5.69 Å². The molecule has 0 unspecified atom stereocenters. The van der Waals surface area contributed by atoms with Crippen LogP contribution in [-0.2, 0) is 22.6 Å². The number of benzene rings is 1. The summed E-state index contributed by atoms with van der Waals surface area (Å²) in [5.74, 6) is -1.69. The highest BCUT2D eigenvalue weighted by atomic mass is 32.1. The van der Waals surface area contributed by atoms with Gasteiger partial charge in [-0.2, -0.15) is 4.98 Å². The number of nitrogens with one attached hydrogen (secondary N) is 3. The molecule has 252 valence electrons. The van der Waals surface area contributed by atoms with Crippen molar-refractivity contribution in [2.24, 2.45) is 5.92 Å². The van der Waals surface area contributed by atoms with E-state index >= 15 is 0 Å². The Kier molecular flexibility index (Phi) is 11.1. The Morgan fingerprint density at radius 3 is 2.33 bits per heavy atom. The predicted molar refractivity (Wildman–Crippen MR) is 182 cm³/mol. The standard InChI is InChI=1S/C33H38N8O5S2/c1-19(2)28-32-38-24(17-48-32)29(44)34-11-8-12-40(27(43)16-41-21(4)13-20(3)35-33(41)46)15-26(42)36-23(14-22-9-6-5-7-10-22)31-37-25(18-47-31)30(45)39-28/h5-7,9-10,13,17-19,23,28H,8,11-12,14-16H2,1-4H3,(H,34,44)(H,36,42)(H,39,45)/t23-,28-/m0/s1. The largest absolute Gasteiger partial charge is 0.351 e. The number of hydrogen-bond donors (Lipinski definition) is 3. The fraction of sp³-hybridized carbons (Fsp3) is 0.394. The molecule has 4 heterocycles. The number of fused-ring (bicyclic) bond motifs is 4. The summed E-state index contributed by atoms with van der Waals surface area (Å²) in [6, 6.07) is 10.3. The van der Waals surface area contributed by atoms with Gasteiger partial charge < -0.3 is 20.9 Å². The summed E-state index contributed by atoms with van der Waals surface area (Å²) in [6.07, 6.45) is 0.747. The van der Waals surface area contributed by atoms with Crippen molar-refractivity contribution in [2.75, 3.05) is 19.6 Å². The van der Waals surface area contributed by atoms with Crippen LogP contribution in [0.15, 0.2) is 52.0 Å². The van der Waals surface area contributed by atoms with Crippen molar-refractivity contribution in [1.29, 1.82) is 0 Å². The summed E-state index contributed by atoms with van der Waals surface area (Å²) in [7, 11) is 0. The smallest absolute Gasteiger partial charge is 0.348 e. The monoisotopic (exact) mass is 690 g/mol. The molecule has 3 N–H and O–H groups in total. The maximum Gasteiger partial charge on any atom is 0.348 e. The first-order valence-corrected chi connectivity index (χ1v) is 17.4.